The van der Waals surface area contributed by atoms with E-state index < -0.39 is 0 Å². The average molecular weight is 366 g/mol. The maximum Gasteiger partial charge on any atom is 0.254 e. The van der Waals surface area contributed by atoms with Gasteiger partial charge < -0.3 is 15.3 Å². The molecule has 0 aliphatic heterocycles. The molecule has 1 aromatic carbocycles. The van der Waals surface area contributed by atoms with Crippen molar-refractivity contribution in [3.8, 4) is 0 Å². The van der Waals surface area contributed by atoms with Crippen molar-refractivity contribution in [1.82, 2.24) is 20.3 Å². The number of carbonyl (C=O) groups is 1. The molecule has 3 N–H and O–H groups in total. The number of rotatable bonds is 5. The predicted molar refractivity (Wildman–Crippen MR) is 107 cm³/mol. The van der Waals surface area contributed by atoms with Crippen molar-refractivity contribution in [3.05, 3.63) is 62.0 Å². The highest BCUT2D eigenvalue weighted by Crippen LogP contribution is 2.26. The van der Waals surface area contributed by atoms with Gasteiger partial charge in [-0.15, -0.1) is 0 Å². The third-order valence-corrected chi connectivity index (χ3v) is 5.00. The summed E-state index contributed by atoms with van der Waals surface area (Å²) in [6.45, 7) is 10.2. The fourth-order valence-corrected chi connectivity index (χ4v) is 3.58. The fraction of sp³-hybridized carbons (Fsp3) is 0.381. The Morgan fingerprint density at radius 1 is 1.15 bits per heavy atom. The molecule has 0 radical (unpaired) electrons. The quantitative estimate of drug-likeness (QED) is 0.648. The number of fused-ring (bicyclic) bond motifs is 1. The van der Waals surface area contributed by atoms with Crippen LogP contribution in [0.25, 0.3) is 10.9 Å². The van der Waals surface area contributed by atoms with Crippen LogP contribution in [0.4, 0.5) is 0 Å². The number of amides is 1. The van der Waals surface area contributed by atoms with Crippen LogP contribution in [0, 0.1) is 27.7 Å². The molecule has 6 heteroatoms. The summed E-state index contributed by atoms with van der Waals surface area (Å²) in [5.41, 5.74) is 6.52. The molecule has 3 rings (SSSR count). The normalized spacial score (nSPS) is 11.1. The molecule has 6 nitrogen and oxygen atoms in total. The first-order valence-electron chi connectivity index (χ1n) is 9.24. The van der Waals surface area contributed by atoms with Gasteiger partial charge in [-0.1, -0.05) is 18.6 Å². The second kappa shape index (κ2) is 7.39. The van der Waals surface area contributed by atoms with Crippen LogP contribution in [0.2, 0.25) is 0 Å². The van der Waals surface area contributed by atoms with E-state index in [1.807, 2.05) is 0 Å². The molecule has 27 heavy (non-hydrogen) atoms. The first kappa shape index (κ1) is 18.9. The van der Waals surface area contributed by atoms with Gasteiger partial charge in [0.05, 0.1) is 11.9 Å². The second-order valence-electron chi connectivity index (χ2n) is 7.10. The molecule has 0 spiro atoms. The summed E-state index contributed by atoms with van der Waals surface area (Å²) in [6.07, 6.45) is 0.960. The van der Waals surface area contributed by atoms with Gasteiger partial charge in [-0.2, -0.15) is 0 Å². The van der Waals surface area contributed by atoms with Crippen molar-refractivity contribution in [2.24, 2.45) is 0 Å². The molecule has 3 aromatic rings. The molecule has 0 unspecified atom stereocenters. The van der Waals surface area contributed by atoms with Gasteiger partial charge in [0, 0.05) is 28.9 Å². The van der Waals surface area contributed by atoms with E-state index in [0.29, 0.717) is 23.6 Å². The lowest BCUT2D eigenvalue weighted by molar-refractivity contribution is -0.120. The Labute approximate surface area is 158 Å². The van der Waals surface area contributed by atoms with Crippen LogP contribution in [0.3, 0.4) is 0 Å². The highest BCUT2D eigenvalue weighted by molar-refractivity contribution is 5.88. The molecule has 0 aliphatic rings. The van der Waals surface area contributed by atoms with Gasteiger partial charge in [0.15, 0.2) is 0 Å². The topological polar surface area (TPSA) is 90.6 Å². The molecular formula is C21H26N4O2. The van der Waals surface area contributed by atoms with E-state index in [1.165, 1.54) is 16.6 Å². The number of aromatic nitrogens is 3. The summed E-state index contributed by atoms with van der Waals surface area (Å²) < 4.78 is 0. The van der Waals surface area contributed by atoms with Crippen LogP contribution in [0.15, 0.2) is 16.9 Å². The van der Waals surface area contributed by atoms with Crippen molar-refractivity contribution in [2.45, 2.75) is 54.0 Å². The monoisotopic (exact) mass is 366 g/mol. The maximum absolute atomic E-state index is 12.4. The SMILES string of the molecule is CCc1[nH]c2c(CNC(=O)Cc3c(C)nc(C)[nH]c3=O)cc(C)cc2c1C. The van der Waals surface area contributed by atoms with Crippen LogP contribution >= 0.6 is 0 Å². The minimum atomic E-state index is -0.249. The van der Waals surface area contributed by atoms with Gasteiger partial charge >= 0.3 is 0 Å². The smallest absolute Gasteiger partial charge is 0.254 e. The minimum Gasteiger partial charge on any atom is -0.358 e. The van der Waals surface area contributed by atoms with E-state index in [1.54, 1.807) is 13.8 Å². The Hall–Kier alpha value is -2.89. The van der Waals surface area contributed by atoms with Crippen molar-refractivity contribution >= 4 is 16.8 Å². The van der Waals surface area contributed by atoms with Crippen LogP contribution in [-0.4, -0.2) is 20.9 Å². The highest BCUT2D eigenvalue weighted by atomic mass is 16.2. The third kappa shape index (κ3) is 3.79. The number of hydrogen-bond donors (Lipinski definition) is 3. The number of benzene rings is 1. The molecule has 0 saturated heterocycles. The number of nitrogens with zero attached hydrogens (tertiary/aromatic N) is 1. The summed E-state index contributed by atoms with van der Waals surface area (Å²) in [5.74, 6) is 0.362. The molecule has 1 amide bonds. The van der Waals surface area contributed by atoms with Crippen LogP contribution in [-0.2, 0) is 24.2 Å². The Morgan fingerprint density at radius 2 is 1.89 bits per heavy atom. The average Bonchev–Trinajstić information content (AvgIpc) is 2.92. The zero-order valence-corrected chi connectivity index (χ0v) is 16.5. The third-order valence-electron chi connectivity index (χ3n) is 5.00. The lowest BCUT2D eigenvalue weighted by atomic mass is 10.0. The van der Waals surface area contributed by atoms with E-state index in [4.69, 9.17) is 0 Å². The van der Waals surface area contributed by atoms with E-state index in [2.05, 4.69) is 53.2 Å². The molecule has 2 heterocycles. The molecular weight excluding hydrogens is 340 g/mol. The van der Waals surface area contributed by atoms with E-state index in [-0.39, 0.29) is 17.9 Å². The number of H-pyrrole nitrogens is 2. The van der Waals surface area contributed by atoms with Crippen molar-refractivity contribution < 1.29 is 4.79 Å². The Bertz CT molecular complexity index is 1080. The molecule has 0 aliphatic carbocycles. The van der Waals surface area contributed by atoms with Crippen LogP contribution < -0.4 is 10.9 Å². The van der Waals surface area contributed by atoms with Crippen molar-refractivity contribution in [3.63, 3.8) is 0 Å². The number of aromatic amines is 2. The number of carbonyl (C=O) groups excluding carboxylic acids is 1. The Kier molecular flexibility index (Phi) is 5.17. The molecule has 142 valence electrons. The summed E-state index contributed by atoms with van der Waals surface area (Å²) in [7, 11) is 0. The van der Waals surface area contributed by atoms with E-state index in [9.17, 15) is 9.59 Å². The zero-order valence-electron chi connectivity index (χ0n) is 16.5. The van der Waals surface area contributed by atoms with E-state index in [0.717, 1.165) is 23.1 Å². The number of hydrogen-bond acceptors (Lipinski definition) is 3. The lowest BCUT2D eigenvalue weighted by Gasteiger charge is -2.09. The van der Waals surface area contributed by atoms with Gasteiger partial charge in [0.1, 0.15) is 5.82 Å². The van der Waals surface area contributed by atoms with Crippen LogP contribution in [0.5, 0.6) is 0 Å². The maximum atomic E-state index is 12.4. The molecule has 0 bridgehead atoms. The van der Waals surface area contributed by atoms with Gasteiger partial charge in [-0.3, -0.25) is 9.59 Å². The van der Waals surface area contributed by atoms with Gasteiger partial charge in [0.2, 0.25) is 5.91 Å². The minimum absolute atomic E-state index is 0.0212. The van der Waals surface area contributed by atoms with Gasteiger partial charge in [0.25, 0.3) is 5.56 Å². The molecule has 0 fully saturated rings. The van der Waals surface area contributed by atoms with Crippen molar-refractivity contribution in [2.75, 3.05) is 0 Å². The summed E-state index contributed by atoms with van der Waals surface area (Å²) >= 11 is 0. The van der Waals surface area contributed by atoms with Gasteiger partial charge in [-0.25, -0.2) is 4.98 Å². The summed E-state index contributed by atoms with van der Waals surface area (Å²) in [5, 5.41) is 4.14. The number of aryl methyl sites for hydroxylation is 5. The highest BCUT2D eigenvalue weighted by Gasteiger charge is 2.14. The van der Waals surface area contributed by atoms with Crippen molar-refractivity contribution in [1.29, 1.82) is 0 Å². The Morgan fingerprint density at radius 3 is 2.56 bits per heavy atom. The van der Waals surface area contributed by atoms with Gasteiger partial charge in [-0.05, 0) is 51.3 Å². The molecule has 0 saturated carbocycles. The zero-order chi connectivity index (χ0) is 19.7. The molecule has 0 atom stereocenters. The first-order valence-corrected chi connectivity index (χ1v) is 9.24. The second-order valence-corrected chi connectivity index (χ2v) is 7.10. The predicted octanol–water partition coefficient (Wildman–Crippen LogP) is 2.91. The largest absolute Gasteiger partial charge is 0.358 e. The number of nitrogens with one attached hydrogen (secondary N) is 3. The summed E-state index contributed by atoms with van der Waals surface area (Å²) in [4.78, 5) is 34.9. The van der Waals surface area contributed by atoms with E-state index >= 15 is 0 Å². The molecule has 2 aromatic heterocycles. The summed E-state index contributed by atoms with van der Waals surface area (Å²) in [6, 6.07) is 4.26. The standard InChI is InChI=1S/C21H26N4O2/c1-6-18-12(3)16-8-11(2)7-15(20(16)25-18)10-22-19(26)9-17-13(4)23-14(5)24-21(17)27/h7-8,25H,6,9-10H2,1-5H3,(H,22,26)(H,23,24,27). The first-order chi connectivity index (χ1) is 12.8. The van der Waals surface area contributed by atoms with Crippen LogP contribution in [0.1, 0.15) is 46.4 Å². The lowest BCUT2D eigenvalue weighted by Crippen LogP contribution is -2.29. The fourth-order valence-electron chi connectivity index (χ4n) is 3.58. The Balaban J connectivity index is 1.81.